The molecule has 104 valence electrons. The van der Waals surface area contributed by atoms with Gasteiger partial charge in [0.05, 0.1) is 0 Å². The van der Waals surface area contributed by atoms with E-state index >= 15 is 0 Å². The molecule has 2 amide bonds. The minimum Gasteiger partial charge on any atom is -0.356 e. The lowest BCUT2D eigenvalue weighted by Gasteiger charge is -2.18. The molecule has 0 bridgehead atoms. The van der Waals surface area contributed by atoms with Crippen molar-refractivity contribution in [3.63, 3.8) is 0 Å². The van der Waals surface area contributed by atoms with Gasteiger partial charge in [0.1, 0.15) is 0 Å². The first-order valence-corrected chi connectivity index (χ1v) is 6.72. The number of likely N-dealkylation sites (tertiary alicyclic amines) is 1. The first-order chi connectivity index (χ1) is 8.38. The van der Waals surface area contributed by atoms with Gasteiger partial charge in [0, 0.05) is 38.0 Å². The van der Waals surface area contributed by atoms with Gasteiger partial charge < -0.3 is 16.0 Å². The van der Waals surface area contributed by atoms with E-state index in [1.54, 1.807) is 0 Å². The maximum absolute atomic E-state index is 11.7. The number of hydrogen-bond acceptors (Lipinski definition) is 3. The SMILES string of the molecule is CC(C)(N)CCC(=O)NCCC(=O)N1CCCC1. The van der Waals surface area contributed by atoms with E-state index in [1.165, 1.54) is 0 Å². The van der Waals surface area contributed by atoms with E-state index in [2.05, 4.69) is 5.32 Å². The minimum absolute atomic E-state index is 0.0252. The molecule has 5 nitrogen and oxygen atoms in total. The molecule has 3 N–H and O–H groups in total. The molecule has 5 heteroatoms. The van der Waals surface area contributed by atoms with Crippen LogP contribution in [0.5, 0.6) is 0 Å². The van der Waals surface area contributed by atoms with Gasteiger partial charge in [-0.15, -0.1) is 0 Å². The quantitative estimate of drug-likeness (QED) is 0.731. The van der Waals surface area contributed by atoms with Gasteiger partial charge in [0.15, 0.2) is 0 Å². The van der Waals surface area contributed by atoms with Gasteiger partial charge in [-0.2, -0.15) is 0 Å². The molecule has 18 heavy (non-hydrogen) atoms. The van der Waals surface area contributed by atoms with Crippen LogP contribution in [-0.4, -0.2) is 41.9 Å². The van der Waals surface area contributed by atoms with Crippen molar-refractivity contribution in [3.8, 4) is 0 Å². The fraction of sp³-hybridized carbons (Fsp3) is 0.846. The smallest absolute Gasteiger partial charge is 0.224 e. The van der Waals surface area contributed by atoms with Gasteiger partial charge in [-0.05, 0) is 33.1 Å². The van der Waals surface area contributed by atoms with Crippen LogP contribution >= 0.6 is 0 Å². The highest BCUT2D eigenvalue weighted by Crippen LogP contribution is 2.09. The Balaban J connectivity index is 2.09. The lowest BCUT2D eigenvalue weighted by molar-refractivity contribution is -0.130. The zero-order chi connectivity index (χ0) is 13.6. The number of nitrogens with two attached hydrogens (primary N) is 1. The Morgan fingerprint density at radius 3 is 2.39 bits per heavy atom. The molecule has 0 radical (unpaired) electrons. The van der Waals surface area contributed by atoms with Crippen molar-refractivity contribution in [3.05, 3.63) is 0 Å². The normalized spacial score (nSPS) is 15.8. The highest BCUT2D eigenvalue weighted by molar-refractivity contribution is 5.79. The molecule has 1 fully saturated rings. The van der Waals surface area contributed by atoms with Crippen molar-refractivity contribution < 1.29 is 9.59 Å². The van der Waals surface area contributed by atoms with Crippen molar-refractivity contribution in [1.29, 1.82) is 0 Å². The summed E-state index contributed by atoms with van der Waals surface area (Å²) in [5.74, 6) is 0.120. The Kier molecular flexibility index (Phi) is 5.59. The summed E-state index contributed by atoms with van der Waals surface area (Å²) in [4.78, 5) is 25.1. The topological polar surface area (TPSA) is 75.4 Å². The zero-order valence-corrected chi connectivity index (χ0v) is 11.5. The summed E-state index contributed by atoms with van der Waals surface area (Å²) >= 11 is 0. The van der Waals surface area contributed by atoms with Gasteiger partial charge in [-0.1, -0.05) is 0 Å². The zero-order valence-electron chi connectivity index (χ0n) is 11.5. The van der Waals surface area contributed by atoms with Crippen LogP contribution in [0, 0.1) is 0 Å². The van der Waals surface area contributed by atoms with Gasteiger partial charge in [0.25, 0.3) is 0 Å². The molecule has 0 aromatic carbocycles. The highest BCUT2D eigenvalue weighted by atomic mass is 16.2. The monoisotopic (exact) mass is 255 g/mol. The van der Waals surface area contributed by atoms with Crippen LogP contribution in [0.2, 0.25) is 0 Å². The van der Waals surface area contributed by atoms with E-state index < -0.39 is 0 Å². The molecule has 1 saturated heterocycles. The van der Waals surface area contributed by atoms with Crippen LogP contribution in [0.4, 0.5) is 0 Å². The Hall–Kier alpha value is -1.10. The average molecular weight is 255 g/mol. The van der Waals surface area contributed by atoms with Crippen molar-refractivity contribution in [1.82, 2.24) is 10.2 Å². The molecule has 0 saturated carbocycles. The van der Waals surface area contributed by atoms with Gasteiger partial charge in [-0.3, -0.25) is 9.59 Å². The molecule has 0 unspecified atom stereocenters. The second-order valence-electron chi connectivity index (χ2n) is 5.68. The maximum Gasteiger partial charge on any atom is 0.224 e. The third-order valence-corrected chi connectivity index (χ3v) is 3.12. The summed E-state index contributed by atoms with van der Waals surface area (Å²) in [7, 11) is 0. The highest BCUT2D eigenvalue weighted by Gasteiger charge is 2.17. The van der Waals surface area contributed by atoms with Gasteiger partial charge >= 0.3 is 0 Å². The molecule has 1 aliphatic heterocycles. The largest absolute Gasteiger partial charge is 0.356 e. The third kappa shape index (κ3) is 6.00. The van der Waals surface area contributed by atoms with Gasteiger partial charge in [-0.25, -0.2) is 0 Å². The molecule has 0 aromatic heterocycles. The van der Waals surface area contributed by atoms with Crippen molar-refractivity contribution in [2.45, 2.75) is 51.5 Å². The van der Waals surface area contributed by atoms with E-state index in [1.807, 2.05) is 18.7 Å². The molecule has 0 atom stereocenters. The Morgan fingerprint density at radius 2 is 1.83 bits per heavy atom. The lowest BCUT2D eigenvalue weighted by atomic mass is 10.00. The Bertz CT molecular complexity index is 291. The second kappa shape index (κ2) is 6.73. The fourth-order valence-electron chi connectivity index (χ4n) is 1.96. The summed E-state index contributed by atoms with van der Waals surface area (Å²) in [6, 6.07) is 0. The second-order valence-corrected chi connectivity index (χ2v) is 5.68. The van der Waals surface area contributed by atoms with Crippen LogP contribution in [0.15, 0.2) is 0 Å². The Morgan fingerprint density at radius 1 is 1.22 bits per heavy atom. The molecule has 0 spiro atoms. The minimum atomic E-state index is -0.317. The third-order valence-electron chi connectivity index (χ3n) is 3.12. The summed E-state index contributed by atoms with van der Waals surface area (Å²) < 4.78 is 0. The van der Waals surface area contributed by atoms with Crippen LogP contribution in [0.3, 0.4) is 0 Å². The van der Waals surface area contributed by atoms with Crippen LogP contribution in [-0.2, 0) is 9.59 Å². The molecular formula is C13H25N3O2. The van der Waals surface area contributed by atoms with E-state index in [0.29, 0.717) is 25.8 Å². The van der Waals surface area contributed by atoms with E-state index in [4.69, 9.17) is 5.73 Å². The van der Waals surface area contributed by atoms with Crippen LogP contribution in [0.1, 0.15) is 46.0 Å². The van der Waals surface area contributed by atoms with E-state index in [9.17, 15) is 9.59 Å². The van der Waals surface area contributed by atoms with E-state index in [0.717, 1.165) is 25.9 Å². The molecule has 1 heterocycles. The number of hydrogen-bond donors (Lipinski definition) is 2. The predicted molar refractivity (Wildman–Crippen MR) is 70.9 cm³/mol. The summed E-state index contributed by atoms with van der Waals surface area (Å²) in [6.07, 6.45) is 3.67. The number of nitrogens with zero attached hydrogens (tertiary/aromatic N) is 1. The first-order valence-electron chi connectivity index (χ1n) is 6.72. The predicted octanol–water partition coefficient (Wildman–Crippen LogP) is 0.633. The van der Waals surface area contributed by atoms with Crippen LogP contribution in [0.25, 0.3) is 0 Å². The number of nitrogens with one attached hydrogen (secondary N) is 1. The summed E-state index contributed by atoms with van der Waals surface area (Å²) in [6.45, 7) is 5.97. The number of carbonyl (C=O) groups is 2. The lowest BCUT2D eigenvalue weighted by Crippen LogP contribution is -2.36. The molecular weight excluding hydrogens is 230 g/mol. The van der Waals surface area contributed by atoms with Crippen molar-refractivity contribution >= 4 is 11.8 Å². The standard InChI is InChI=1S/C13H25N3O2/c1-13(2,14)7-5-11(17)15-8-6-12(18)16-9-3-4-10-16/h3-10,14H2,1-2H3,(H,15,17). The van der Waals surface area contributed by atoms with Gasteiger partial charge in [0.2, 0.25) is 11.8 Å². The first kappa shape index (κ1) is 15.0. The van der Waals surface area contributed by atoms with Crippen LogP contribution < -0.4 is 11.1 Å². The number of rotatable bonds is 6. The molecule has 0 aliphatic carbocycles. The Labute approximate surface area is 109 Å². The van der Waals surface area contributed by atoms with E-state index in [-0.39, 0.29) is 17.4 Å². The van der Waals surface area contributed by atoms with Crippen molar-refractivity contribution in [2.75, 3.05) is 19.6 Å². The summed E-state index contributed by atoms with van der Waals surface area (Å²) in [5.41, 5.74) is 5.49. The molecule has 0 aromatic rings. The fourth-order valence-corrected chi connectivity index (χ4v) is 1.96. The molecule has 1 rings (SSSR count). The maximum atomic E-state index is 11.7. The van der Waals surface area contributed by atoms with Crippen molar-refractivity contribution in [2.24, 2.45) is 5.73 Å². The summed E-state index contributed by atoms with van der Waals surface area (Å²) in [5, 5.41) is 2.77. The molecule has 1 aliphatic rings. The number of carbonyl (C=O) groups excluding carboxylic acids is 2. The number of amides is 2. The average Bonchev–Trinajstić information content (AvgIpc) is 2.78.